The topological polar surface area (TPSA) is 112 Å². The summed E-state index contributed by atoms with van der Waals surface area (Å²) in [6, 6.07) is 15.8. The molecule has 0 N–H and O–H groups in total. The van der Waals surface area contributed by atoms with E-state index >= 15 is 4.39 Å². The van der Waals surface area contributed by atoms with Crippen molar-refractivity contribution in [3.63, 3.8) is 0 Å². The maximum absolute atomic E-state index is 15.0. The van der Waals surface area contributed by atoms with E-state index in [1.807, 2.05) is 35.2 Å². The number of rotatable bonds is 5. The van der Waals surface area contributed by atoms with Gasteiger partial charge >= 0.3 is 6.09 Å². The van der Waals surface area contributed by atoms with Crippen molar-refractivity contribution in [2.24, 2.45) is 5.92 Å². The molecule has 10 nitrogen and oxygen atoms in total. The van der Waals surface area contributed by atoms with Crippen LogP contribution in [0.2, 0.25) is 0 Å². The quantitative estimate of drug-likeness (QED) is 0.433. The molecule has 2 aromatic carbocycles. The van der Waals surface area contributed by atoms with Crippen molar-refractivity contribution in [1.82, 2.24) is 20.0 Å². The number of hydrogen-bond donors (Lipinski definition) is 0. The maximum atomic E-state index is 15.0. The summed E-state index contributed by atoms with van der Waals surface area (Å²) in [5.74, 6) is -1.70. The Labute approximate surface area is 248 Å². The standard InChI is InChI=1S/C31H32F2N6O4/c1-42-23-9-5-20(6-10-23)28-4-3-13-37(14-15-39(28)31(41)43-2)30(40)26-19-38(29-12-8-22(17-34)35-36-29)18-25(26)24-11-7-21(32)16-27(24)33/h5-12,16,25-26,28H,3-4,13-15,18-19H2,1-2H3/t25-,26?,28?/m0/s1. The number of carbonyl (C=O) groups excluding carboxylic acids is 2. The Bertz CT molecular complexity index is 1500. The molecule has 3 heterocycles. The molecular weight excluding hydrogens is 558 g/mol. The number of amides is 2. The first kappa shape index (κ1) is 29.7. The van der Waals surface area contributed by atoms with Crippen LogP contribution in [0.5, 0.6) is 5.75 Å². The Balaban J connectivity index is 1.39. The Morgan fingerprint density at radius 3 is 2.42 bits per heavy atom. The lowest BCUT2D eigenvalue weighted by Crippen LogP contribution is -2.47. The molecule has 12 heteroatoms. The summed E-state index contributed by atoms with van der Waals surface area (Å²) in [6.45, 7) is 1.43. The largest absolute Gasteiger partial charge is 0.497 e. The number of carbonyl (C=O) groups is 2. The predicted octanol–water partition coefficient (Wildman–Crippen LogP) is 4.29. The van der Waals surface area contributed by atoms with E-state index < -0.39 is 29.6 Å². The molecule has 3 atom stereocenters. The molecule has 1 aromatic heterocycles. The van der Waals surface area contributed by atoms with Gasteiger partial charge in [0.25, 0.3) is 0 Å². The van der Waals surface area contributed by atoms with Gasteiger partial charge in [-0.15, -0.1) is 10.2 Å². The molecule has 0 saturated carbocycles. The predicted molar refractivity (Wildman–Crippen MR) is 152 cm³/mol. The molecule has 2 fully saturated rings. The lowest BCUT2D eigenvalue weighted by atomic mass is 9.87. The summed E-state index contributed by atoms with van der Waals surface area (Å²) >= 11 is 0. The summed E-state index contributed by atoms with van der Waals surface area (Å²) in [5.41, 5.74) is 1.33. The zero-order valence-corrected chi connectivity index (χ0v) is 24.0. The van der Waals surface area contributed by atoms with Crippen molar-refractivity contribution in [3.05, 3.63) is 83.1 Å². The summed E-state index contributed by atoms with van der Waals surface area (Å²) < 4.78 is 39.2. The van der Waals surface area contributed by atoms with Gasteiger partial charge in [0.1, 0.15) is 23.5 Å². The second-order valence-electron chi connectivity index (χ2n) is 10.6. The van der Waals surface area contributed by atoms with Crippen LogP contribution in [-0.4, -0.2) is 78.9 Å². The van der Waals surface area contributed by atoms with E-state index in [2.05, 4.69) is 10.2 Å². The van der Waals surface area contributed by atoms with Gasteiger partial charge in [-0.2, -0.15) is 5.26 Å². The van der Waals surface area contributed by atoms with Crippen LogP contribution >= 0.6 is 0 Å². The highest BCUT2D eigenvalue weighted by atomic mass is 19.1. The monoisotopic (exact) mass is 590 g/mol. The first-order chi connectivity index (χ1) is 20.8. The normalized spacial score (nSPS) is 20.6. The molecule has 2 unspecified atom stereocenters. The average Bonchev–Trinajstić information content (AvgIpc) is 3.46. The third kappa shape index (κ3) is 6.35. The van der Waals surface area contributed by atoms with E-state index in [1.54, 1.807) is 23.0 Å². The number of nitrogens with zero attached hydrogens (tertiary/aromatic N) is 6. The number of methoxy groups -OCH3 is 2. The number of nitriles is 1. The van der Waals surface area contributed by atoms with E-state index in [9.17, 15) is 14.0 Å². The van der Waals surface area contributed by atoms with Crippen LogP contribution in [0.15, 0.2) is 54.6 Å². The summed E-state index contributed by atoms with van der Waals surface area (Å²) in [7, 11) is 2.92. The van der Waals surface area contributed by atoms with E-state index in [-0.39, 0.29) is 49.4 Å². The third-order valence-corrected chi connectivity index (χ3v) is 8.20. The van der Waals surface area contributed by atoms with Gasteiger partial charge in [-0.3, -0.25) is 9.69 Å². The number of ether oxygens (including phenoxy) is 2. The van der Waals surface area contributed by atoms with E-state index in [0.717, 1.165) is 11.6 Å². The van der Waals surface area contributed by atoms with Gasteiger partial charge in [0.05, 0.1) is 26.2 Å². The molecule has 5 rings (SSSR count). The first-order valence-corrected chi connectivity index (χ1v) is 14.0. The van der Waals surface area contributed by atoms with Crippen LogP contribution in [0.25, 0.3) is 0 Å². The lowest BCUT2D eigenvalue weighted by Gasteiger charge is -2.37. The van der Waals surface area contributed by atoms with Crippen LogP contribution in [-0.2, 0) is 9.53 Å². The molecule has 0 aliphatic carbocycles. The van der Waals surface area contributed by atoms with Gasteiger partial charge < -0.3 is 19.3 Å². The van der Waals surface area contributed by atoms with Gasteiger partial charge in [0.2, 0.25) is 5.91 Å². The van der Waals surface area contributed by atoms with Crippen molar-refractivity contribution in [2.75, 3.05) is 51.8 Å². The van der Waals surface area contributed by atoms with Crippen molar-refractivity contribution in [3.8, 4) is 11.8 Å². The highest BCUT2D eigenvalue weighted by Gasteiger charge is 2.42. The molecule has 3 aromatic rings. The van der Waals surface area contributed by atoms with Crippen LogP contribution in [0, 0.1) is 28.9 Å². The van der Waals surface area contributed by atoms with Gasteiger partial charge in [-0.1, -0.05) is 18.2 Å². The van der Waals surface area contributed by atoms with Crippen LogP contribution in [0.1, 0.15) is 41.6 Å². The Morgan fingerprint density at radius 1 is 0.977 bits per heavy atom. The van der Waals surface area contributed by atoms with Gasteiger partial charge in [-0.05, 0) is 54.3 Å². The number of halogens is 2. The molecule has 2 saturated heterocycles. The summed E-state index contributed by atoms with van der Waals surface area (Å²) in [5, 5.41) is 17.1. The van der Waals surface area contributed by atoms with Gasteiger partial charge in [0.15, 0.2) is 11.5 Å². The molecule has 2 aliphatic rings. The SMILES string of the molecule is COC(=O)N1CCN(C(=O)C2CN(c3ccc(C#N)nn3)C[C@H]2c2ccc(F)cc2F)CCCC1c1ccc(OC)cc1. The van der Waals surface area contributed by atoms with Crippen LogP contribution in [0.4, 0.5) is 19.4 Å². The minimum atomic E-state index is -0.720. The van der Waals surface area contributed by atoms with Crippen molar-refractivity contribution < 1.29 is 27.8 Å². The van der Waals surface area contributed by atoms with E-state index in [1.165, 1.54) is 25.3 Å². The summed E-state index contributed by atoms with van der Waals surface area (Å²) in [6.07, 6.45) is 0.717. The summed E-state index contributed by atoms with van der Waals surface area (Å²) in [4.78, 5) is 32.2. The van der Waals surface area contributed by atoms with Crippen LogP contribution < -0.4 is 9.64 Å². The third-order valence-electron chi connectivity index (χ3n) is 8.20. The van der Waals surface area contributed by atoms with Gasteiger partial charge in [-0.25, -0.2) is 13.6 Å². The smallest absolute Gasteiger partial charge is 0.410 e. The number of anilines is 1. The minimum Gasteiger partial charge on any atom is -0.497 e. The van der Waals surface area contributed by atoms with E-state index in [4.69, 9.17) is 14.7 Å². The second kappa shape index (κ2) is 13.0. The second-order valence-corrected chi connectivity index (χ2v) is 10.6. The molecule has 43 heavy (non-hydrogen) atoms. The highest BCUT2D eigenvalue weighted by molar-refractivity contribution is 5.82. The zero-order chi connectivity index (χ0) is 30.5. The zero-order valence-electron chi connectivity index (χ0n) is 24.0. The van der Waals surface area contributed by atoms with Crippen molar-refractivity contribution in [2.45, 2.75) is 24.8 Å². The van der Waals surface area contributed by atoms with Crippen molar-refractivity contribution in [1.29, 1.82) is 5.26 Å². The molecule has 0 bridgehead atoms. The van der Waals surface area contributed by atoms with E-state index in [0.29, 0.717) is 31.0 Å². The highest BCUT2D eigenvalue weighted by Crippen LogP contribution is 2.38. The molecule has 2 aliphatic heterocycles. The Hall–Kier alpha value is -4.79. The maximum Gasteiger partial charge on any atom is 0.410 e. The van der Waals surface area contributed by atoms with Crippen molar-refractivity contribution >= 4 is 17.8 Å². The fraction of sp³-hybridized carbons (Fsp3) is 0.387. The minimum absolute atomic E-state index is 0.153. The fourth-order valence-electron chi connectivity index (χ4n) is 6.00. The molecule has 0 spiro atoms. The number of hydrogen-bond acceptors (Lipinski definition) is 8. The Morgan fingerprint density at radius 2 is 1.77 bits per heavy atom. The Kier molecular flexibility index (Phi) is 8.99. The fourth-order valence-corrected chi connectivity index (χ4v) is 6.00. The molecule has 0 radical (unpaired) electrons. The average molecular weight is 591 g/mol. The number of benzene rings is 2. The molecule has 2 amide bonds. The number of aromatic nitrogens is 2. The molecular formula is C31H32F2N6O4. The first-order valence-electron chi connectivity index (χ1n) is 14.0. The van der Waals surface area contributed by atoms with Crippen LogP contribution in [0.3, 0.4) is 0 Å². The molecule has 224 valence electrons. The van der Waals surface area contributed by atoms with Gasteiger partial charge in [0, 0.05) is 44.7 Å². The lowest BCUT2D eigenvalue weighted by molar-refractivity contribution is -0.136.